The molecule has 3 aliphatic heterocycles. The number of ether oxygens (including phenoxy) is 1. The Bertz CT molecular complexity index is 670. The lowest BCUT2D eigenvalue weighted by atomic mass is 9.72. The third-order valence-electron chi connectivity index (χ3n) is 6.47. The van der Waals surface area contributed by atoms with Crippen molar-refractivity contribution in [1.29, 1.82) is 0 Å². The Labute approximate surface area is 155 Å². The van der Waals surface area contributed by atoms with Crippen LogP contribution in [-0.4, -0.2) is 65.1 Å². The molecule has 6 heteroatoms. The van der Waals surface area contributed by atoms with Crippen LogP contribution in [0.25, 0.3) is 0 Å². The van der Waals surface area contributed by atoms with Gasteiger partial charge in [0.05, 0.1) is 6.10 Å². The number of aromatic nitrogens is 1. The van der Waals surface area contributed by atoms with Gasteiger partial charge >= 0.3 is 0 Å². The highest BCUT2D eigenvalue weighted by molar-refractivity contribution is 5.92. The molecule has 1 spiro atoms. The van der Waals surface area contributed by atoms with Crippen molar-refractivity contribution in [1.82, 2.24) is 14.4 Å². The van der Waals surface area contributed by atoms with Gasteiger partial charge in [0.1, 0.15) is 5.69 Å². The molecule has 0 unspecified atom stereocenters. The molecule has 0 aromatic carbocycles. The van der Waals surface area contributed by atoms with E-state index in [2.05, 4.69) is 0 Å². The fourth-order valence-corrected chi connectivity index (χ4v) is 4.74. The summed E-state index contributed by atoms with van der Waals surface area (Å²) in [5.74, 6) is 0.392. The zero-order chi connectivity index (χ0) is 18.1. The van der Waals surface area contributed by atoms with Crippen LogP contribution in [0.3, 0.4) is 0 Å². The van der Waals surface area contributed by atoms with E-state index in [0.29, 0.717) is 6.42 Å². The van der Waals surface area contributed by atoms with E-state index in [-0.39, 0.29) is 23.3 Å². The number of hydrogen-bond acceptors (Lipinski definition) is 3. The lowest BCUT2D eigenvalue weighted by molar-refractivity contribution is -0.141. The molecule has 0 aliphatic carbocycles. The monoisotopic (exact) mass is 359 g/mol. The SMILES string of the molecule is Cn1cccc1C(=O)N1CCC2(CCC(=O)N(C[C@H]3CCCO3)C2)CC1. The minimum absolute atomic E-state index is 0.121. The van der Waals surface area contributed by atoms with E-state index in [1.165, 1.54) is 0 Å². The van der Waals surface area contributed by atoms with Crippen LogP contribution in [0.4, 0.5) is 0 Å². The second kappa shape index (κ2) is 7.06. The van der Waals surface area contributed by atoms with Gasteiger partial charge in [0.2, 0.25) is 5.91 Å². The molecule has 0 saturated carbocycles. The van der Waals surface area contributed by atoms with Gasteiger partial charge in [-0.1, -0.05) is 0 Å². The summed E-state index contributed by atoms with van der Waals surface area (Å²) < 4.78 is 7.62. The summed E-state index contributed by atoms with van der Waals surface area (Å²) in [6.45, 7) is 3.97. The van der Waals surface area contributed by atoms with E-state index >= 15 is 0 Å². The first-order valence-corrected chi connectivity index (χ1v) is 9.86. The highest BCUT2D eigenvalue weighted by Gasteiger charge is 2.42. The number of carbonyl (C=O) groups excluding carboxylic acids is 2. The standard InChI is InChI=1S/C20H29N3O3/c1-21-10-2-5-17(21)19(25)22-11-8-20(9-12-22)7-6-18(24)23(15-20)14-16-4-3-13-26-16/h2,5,10,16H,3-4,6-9,11-15H2,1H3/t16-/m1/s1. The molecule has 0 bridgehead atoms. The zero-order valence-electron chi connectivity index (χ0n) is 15.7. The molecule has 3 saturated heterocycles. The van der Waals surface area contributed by atoms with Gasteiger partial charge in [-0.25, -0.2) is 0 Å². The van der Waals surface area contributed by atoms with Gasteiger partial charge in [0.25, 0.3) is 5.91 Å². The molecule has 142 valence electrons. The smallest absolute Gasteiger partial charge is 0.270 e. The van der Waals surface area contributed by atoms with E-state index in [1.807, 2.05) is 39.7 Å². The van der Waals surface area contributed by atoms with Gasteiger partial charge in [0.15, 0.2) is 0 Å². The third kappa shape index (κ3) is 3.39. The van der Waals surface area contributed by atoms with Crippen LogP contribution in [0, 0.1) is 5.41 Å². The van der Waals surface area contributed by atoms with Gasteiger partial charge in [-0.3, -0.25) is 9.59 Å². The maximum absolute atomic E-state index is 12.7. The molecule has 0 N–H and O–H groups in total. The Morgan fingerprint density at radius 2 is 2.12 bits per heavy atom. The van der Waals surface area contributed by atoms with Crippen molar-refractivity contribution in [2.45, 2.75) is 44.6 Å². The van der Waals surface area contributed by atoms with Gasteiger partial charge in [0, 0.05) is 52.5 Å². The lowest BCUT2D eigenvalue weighted by Crippen LogP contribution is -2.53. The minimum atomic E-state index is 0.121. The topological polar surface area (TPSA) is 54.8 Å². The highest BCUT2D eigenvalue weighted by atomic mass is 16.5. The summed E-state index contributed by atoms with van der Waals surface area (Å²) in [7, 11) is 1.91. The maximum atomic E-state index is 12.7. The van der Waals surface area contributed by atoms with Crippen LogP contribution >= 0.6 is 0 Å². The summed E-state index contributed by atoms with van der Waals surface area (Å²) in [6, 6.07) is 3.80. The average molecular weight is 359 g/mol. The second-order valence-electron chi connectivity index (χ2n) is 8.21. The number of amides is 2. The Balaban J connectivity index is 1.37. The molecule has 0 radical (unpaired) electrons. The van der Waals surface area contributed by atoms with E-state index in [1.54, 1.807) is 0 Å². The maximum Gasteiger partial charge on any atom is 0.270 e. The summed E-state index contributed by atoms with van der Waals surface area (Å²) in [4.78, 5) is 29.1. The van der Waals surface area contributed by atoms with E-state index in [4.69, 9.17) is 4.74 Å². The number of nitrogens with zero attached hydrogens (tertiary/aromatic N) is 3. The van der Waals surface area contributed by atoms with Crippen molar-refractivity contribution in [3.63, 3.8) is 0 Å². The van der Waals surface area contributed by atoms with Crippen molar-refractivity contribution < 1.29 is 14.3 Å². The van der Waals surface area contributed by atoms with Gasteiger partial charge in [-0.05, 0) is 49.7 Å². The van der Waals surface area contributed by atoms with Crippen LogP contribution in [0.1, 0.15) is 49.0 Å². The minimum Gasteiger partial charge on any atom is -0.376 e. The number of aryl methyl sites for hydroxylation is 1. The number of carbonyl (C=O) groups is 2. The molecule has 6 nitrogen and oxygen atoms in total. The Kier molecular flexibility index (Phi) is 4.78. The predicted molar refractivity (Wildman–Crippen MR) is 97.8 cm³/mol. The fourth-order valence-electron chi connectivity index (χ4n) is 4.74. The molecule has 2 amide bonds. The largest absolute Gasteiger partial charge is 0.376 e. The predicted octanol–water partition coefficient (Wildman–Crippen LogP) is 2.05. The first-order valence-electron chi connectivity index (χ1n) is 9.86. The van der Waals surface area contributed by atoms with Crippen LogP contribution in [0.15, 0.2) is 18.3 Å². The van der Waals surface area contributed by atoms with Crippen molar-refractivity contribution >= 4 is 11.8 Å². The molecule has 3 aliphatic rings. The second-order valence-corrected chi connectivity index (χ2v) is 8.21. The molecule has 3 fully saturated rings. The molecule has 4 heterocycles. The van der Waals surface area contributed by atoms with Gasteiger partial charge in [-0.2, -0.15) is 0 Å². The van der Waals surface area contributed by atoms with Crippen LogP contribution in [0.2, 0.25) is 0 Å². The first-order chi connectivity index (χ1) is 12.6. The molecule has 26 heavy (non-hydrogen) atoms. The fraction of sp³-hybridized carbons (Fsp3) is 0.700. The molecule has 1 atom stereocenters. The first kappa shape index (κ1) is 17.6. The molecular weight excluding hydrogens is 330 g/mol. The Morgan fingerprint density at radius 3 is 2.77 bits per heavy atom. The van der Waals surface area contributed by atoms with Crippen LogP contribution in [0.5, 0.6) is 0 Å². The number of likely N-dealkylation sites (tertiary alicyclic amines) is 2. The number of hydrogen-bond donors (Lipinski definition) is 0. The Hall–Kier alpha value is -1.82. The van der Waals surface area contributed by atoms with E-state index in [0.717, 1.165) is 70.6 Å². The summed E-state index contributed by atoms with van der Waals surface area (Å²) in [5, 5.41) is 0. The summed E-state index contributed by atoms with van der Waals surface area (Å²) in [5.41, 5.74) is 0.928. The number of rotatable bonds is 3. The van der Waals surface area contributed by atoms with Crippen molar-refractivity contribution in [2.75, 3.05) is 32.8 Å². The highest BCUT2D eigenvalue weighted by Crippen LogP contribution is 2.40. The lowest BCUT2D eigenvalue weighted by Gasteiger charge is -2.47. The van der Waals surface area contributed by atoms with Crippen LogP contribution < -0.4 is 0 Å². The van der Waals surface area contributed by atoms with E-state index in [9.17, 15) is 9.59 Å². The quantitative estimate of drug-likeness (QED) is 0.830. The third-order valence-corrected chi connectivity index (χ3v) is 6.47. The van der Waals surface area contributed by atoms with E-state index < -0.39 is 0 Å². The number of piperidine rings is 2. The molecule has 1 aromatic heterocycles. The van der Waals surface area contributed by atoms with Crippen molar-refractivity contribution in [3.05, 3.63) is 24.0 Å². The van der Waals surface area contributed by atoms with Gasteiger partial charge in [-0.15, -0.1) is 0 Å². The summed E-state index contributed by atoms with van der Waals surface area (Å²) in [6.07, 6.45) is 7.86. The normalized spacial score (nSPS) is 25.9. The average Bonchev–Trinajstić information content (AvgIpc) is 3.30. The molecular formula is C20H29N3O3. The Morgan fingerprint density at radius 1 is 1.31 bits per heavy atom. The summed E-state index contributed by atoms with van der Waals surface area (Å²) >= 11 is 0. The zero-order valence-corrected chi connectivity index (χ0v) is 15.7. The molecule has 4 rings (SSSR count). The molecule has 1 aromatic rings. The van der Waals surface area contributed by atoms with Crippen molar-refractivity contribution in [2.24, 2.45) is 12.5 Å². The van der Waals surface area contributed by atoms with Gasteiger partial charge < -0.3 is 19.1 Å². The van der Waals surface area contributed by atoms with Crippen molar-refractivity contribution in [3.8, 4) is 0 Å². The van der Waals surface area contributed by atoms with Crippen LogP contribution in [-0.2, 0) is 16.6 Å².